The molecule has 2 heterocycles. The lowest BCUT2D eigenvalue weighted by atomic mass is 10.1. The SMILES string of the molecule is CCc1oc2ccccc2c1CNC1CCCNC1=O. The topological polar surface area (TPSA) is 54.3 Å². The second-order valence-corrected chi connectivity index (χ2v) is 5.22. The molecule has 0 bridgehead atoms. The number of rotatable bonds is 4. The van der Waals surface area contributed by atoms with Gasteiger partial charge in [-0.1, -0.05) is 25.1 Å². The van der Waals surface area contributed by atoms with Gasteiger partial charge in [-0.25, -0.2) is 0 Å². The van der Waals surface area contributed by atoms with Gasteiger partial charge in [0.1, 0.15) is 11.3 Å². The number of benzene rings is 1. The molecule has 4 nitrogen and oxygen atoms in total. The fourth-order valence-corrected chi connectivity index (χ4v) is 2.82. The van der Waals surface area contributed by atoms with Gasteiger partial charge in [0.25, 0.3) is 0 Å². The van der Waals surface area contributed by atoms with E-state index in [0.717, 1.165) is 42.5 Å². The molecule has 2 N–H and O–H groups in total. The Morgan fingerprint density at radius 1 is 1.40 bits per heavy atom. The van der Waals surface area contributed by atoms with Crippen molar-refractivity contribution in [2.75, 3.05) is 6.54 Å². The lowest BCUT2D eigenvalue weighted by Gasteiger charge is -2.22. The number of carbonyl (C=O) groups is 1. The van der Waals surface area contributed by atoms with E-state index in [0.29, 0.717) is 6.54 Å². The van der Waals surface area contributed by atoms with Gasteiger partial charge in [-0.05, 0) is 18.9 Å². The van der Waals surface area contributed by atoms with Crippen LogP contribution in [-0.4, -0.2) is 18.5 Å². The van der Waals surface area contributed by atoms with Crippen LogP contribution in [0.1, 0.15) is 31.1 Å². The summed E-state index contributed by atoms with van der Waals surface area (Å²) in [5.74, 6) is 1.12. The van der Waals surface area contributed by atoms with Gasteiger partial charge >= 0.3 is 0 Å². The summed E-state index contributed by atoms with van der Waals surface area (Å²) in [6, 6.07) is 7.99. The Bertz CT molecular complexity index is 618. The van der Waals surface area contributed by atoms with Gasteiger partial charge in [0.15, 0.2) is 0 Å². The smallest absolute Gasteiger partial charge is 0.237 e. The highest BCUT2D eigenvalue weighted by atomic mass is 16.3. The first-order valence-corrected chi connectivity index (χ1v) is 7.30. The van der Waals surface area contributed by atoms with Gasteiger partial charge in [0.2, 0.25) is 5.91 Å². The molecule has 0 saturated carbocycles. The Morgan fingerprint density at radius 3 is 3.05 bits per heavy atom. The van der Waals surface area contributed by atoms with Crippen molar-refractivity contribution in [1.82, 2.24) is 10.6 Å². The highest BCUT2D eigenvalue weighted by Gasteiger charge is 2.22. The van der Waals surface area contributed by atoms with Gasteiger partial charge in [-0.15, -0.1) is 0 Å². The Hall–Kier alpha value is -1.81. The first kappa shape index (κ1) is 13.2. The maximum Gasteiger partial charge on any atom is 0.237 e. The molecule has 0 spiro atoms. The molecule has 1 unspecified atom stereocenters. The molecular formula is C16H20N2O2. The third kappa shape index (κ3) is 2.43. The van der Waals surface area contributed by atoms with Crippen molar-refractivity contribution >= 4 is 16.9 Å². The van der Waals surface area contributed by atoms with E-state index >= 15 is 0 Å². The van der Waals surface area contributed by atoms with Gasteiger partial charge in [-0.3, -0.25) is 4.79 Å². The number of hydrogen-bond donors (Lipinski definition) is 2. The third-order valence-corrected chi connectivity index (χ3v) is 3.91. The number of aryl methyl sites for hydroxylation is 1. The predicted octanol–water partition coefficient (Wildman–Crippen LogP) is 2.36. The molecule has 1 aliphatic rings. The van der Waals surface area contributed by atoms with Crippen LogP contribution in [0.15, 0.2) is 28.7 Å². The van der Waals surface area contributed by atoms with Crippen LogP contribution in [0.25, 0.3) is 11.0 Å². The van der Waals surface area contributed by atoms with Crippen LogP contribution in [0, 0.1) is 0 Å². The minimum Gasteiger partial charge on any atom is -0.461 e. The molecule has 106 valence electrons. The molecule has 2 aromatic rings. The first-order valence-electron chi connectivity index (χ1n) is 7.30. The summed E-state index contributed by atoms with van der Waals surface area (Å²) in [6.07, 6.45) is 2.81. The van der Waals surface area contributed by atoms with Crippen molar-refractivity contribution in [3.05, 3.63) is 35.6 Å². The van der Waals surface area contributed by atoms with Crippen molar-refractivity contribution in [3.63, 3.8) is 0 Å². The van der Waals surface area contributed by atoms with Crippen LogP contribution in [0.3, 0.4) is 0 Å². The zero-order chi connectivity index (χ0) is 13.9. The van der Waals surface area contributed by atoms with E-state index in [1.165, 1.54) is 5.56 Å². The standard InChI is InChI=1S/C16H20N2O2/c1-2-14-12(11-6-3-4-8-15(11)20-14)10-18-13-7-5-9-17-16(13)19/h3-4,6,8,13,18H,2,5,7,9-10H2,1H3,(H,17,19). The molecule has 3 rings (SSSR count). The molecule has 1 aromatic carbocycles. The Kier molecular flexibility index (Phi) is 3.74. The number of piperidine rings is 1. The number of fused-ring (bicyclic) bond motifs is 1. The molecule has 4 heteroatoms. The average Bonchev–Trinajstić information content (AvgIpc) is 2.84. The number of amides is 1. The Labute approximate surface area is 118 Å². The largest absolute Gasteiger partial charge is 0.461 e. The lowest BCUT2D eigenvalue weighted by molar-refractivity contribution is -0.124. The maximum atomic E-state index is 11.8. The van der Waals surface area contributed by atoms with Crippen molar-refractivity contribution < 1.29 is 9.21 Å². The van der Waals surface area contributed by atoms with Crippen LogP contribution in [0.4, 0.5) is 0 Å². The number of nitrogens with one attached hydrogen (secondary N) is 2. The van der Waals surface area contributed by atoms with Gasteiger partial charge < -0.3 is 15.1 Å². The van der Waals surface area contributed by atoms with Gasteiger partial charge in [0.05, 0.1) is 6.04 Å². The van der Waals surface area contributed by atoms with E-state index in [2.05, 4.69) is 23.6 Å². The molecule has 0 aliphatic carbocycles. The summed E-state index contributed by atoms with van der Waals surface area (Å²) < 4.78 is 5.87. The second-order valence-electron chi connectivity index (χ2n) is 5.22. The summed E-state index contributed by atoms with van der Waals surface area (Å²) in [7, 11) is 0. The average molecular weight is 272 g/mol. The fourth-order valence-electron chi connectivity index (χ4n) is 2.82. The van der Waals surface area contributed by atoms with Crippen LogP contribution >= 0.6 is 0 Å². The van der Waals surface area contributed by atoms with Crippen LogP contribution in [0.5, 0.6) is 0 Å². The molecule has 0 radical (unpaired) electrons. The lowest BCUT2D eigenvalue weighted by Crippen LogP contribution is -2.47. The van der Waals surface area contributed by atoms with Crippen molar-refractivity contribution in [2.24, 2.45) is 0 Å². The summed E-state index contributed by atoms with van der Waals surface area (Å²) in [6.45, 7) is 3.57. The van der Waals surface area contributed by atoms with E-state index in [9.17, 15) is 4.79 Å². The number of para-hydroxylation sites is 1. The van der Waals surface area contributed by atoms with E-state index in [1.807, 2.05) is 18.2 Å². The molecule has 20 heavy (non-hydrogen) atoms. The zero-order valence-electron chi connectivity index (χ0n) is 11.7. The van der Waals surface area contributed by atoms with E-state index < -0.39 is 0 Å². The van der Waals surface area contributed by atoms with Gasteiger partial charge in [0, 0.05) is 30.5 Å². The molecular weight excluding hydrogens is 252 g/mol. The molecule has 1 fully saturated rings. The minimum atomic E-state index is -0.0814. The molecule has 1 amide bonds. The summed E-state index contributed by atoms with van der Waals surface area (Å²) in [5.41, 5.74) is 2.11. The number of furan rings is 1. The first-order chi connectivity index (χ1) is 9.79. The summed E-state index contributed by atoms with van der Waals surface area (Å²) in [5, 5.41) is 7.42. The molecule has 1 atom stereocenters. The van der Waals surface area contributed by atoms with E-state index in [4.69, 9.17) is 4.42 Å². The van der Waals surface area contributed by atoms with Crippen molar-refractivity contribution in [2.45, 2.75) is 38.8 Å². The summed E-state index contributed by atoms with van der Waals surface area (Å²) >= 11 is 0. The zero-order valence-corrected chi connectivity index (χ0v) is 11.7. The van der Waals surface area contributed by atoms with Gasteiger partial charge in [-0.2, -0.15) is 0 Å². The van der Waals surface area contributed by atoms with Crippen LogP contribution < -0.4 is 10.6 Å². The predicted molar refractivity (Wildman–Crippen MR) is 78.5 cm³/mol. The number of carbonyl (C=O) groups excluding carboxylic acids is 1. The maximum absolute atomic E-state index is 11.8. The summed E-state index contributed by atoms with van der Waals surface area (Å²) in [4.78, 5) is 11.8. The second kappa shape index (κ2) is 5.67. The minimum absolute atomic E-state index is 0.0814. The van der Waals surface area contributed by atoms with Crippen molar-refractivity contribution in [1.29, 1.82) is 0 Å². The quantitative estimate of drug-likeness (QED) is 0.898. The Balaban J connectivity index is 1.81. The van der Waals surface area contributed by atoms with E-state index in [-0.39, 0.29) is 11.9 Å². The normalized spacial score (nSPS) is 19.2. The highest BCUT2D eigenvalue weighted by molar-refractivity contribution is 5.83. The van der Waals surface area contributed by atoms with Crippen molar-refractivity contribution in [3.8, 4) is 0 Å². The van der Waals surface area contributed by atoms with Crippen LogP contribution in [-0.2, 0) is 17.8 Å². The number of hydrogen-bond acceptors (Lipinski definition) is 3. The highest BCUT2D eigenvalue weighted by Crippen LogP contribution is 2.26. The van der Waals surface area contributed by atoms with Crippen LogP contribution in [0.2, 0.25) is 0 Å². The fraction of sp³-hybridized carbons (Fsp3) is 0.438. The third-order valence-electron chi connectivity index (χ3n) is 3.91. The molecule has 1 aromatic heterocycles. The van der Waals surface area contributed by atoms with E-state index in [1.54, 1.807) is 0 Å². The monoisotopic (exact) mass is 272 g/mol. The Morgan fingerprint density at radius 2 is 2.25 bits per heavy atom. The molecule has 1 aliphatic heterocycles. The molecule has 1 saturated heterocycles.